The van der Waals surface area contributed by atoms with Crippen LogP contribution in [0.2, 0.25) is 0 Å². The van der Waals surface area contributed by atoms with E-state index >= 15 is 0 Å². The van der Waals surface area contributed by atoms with Gasteiger partial charge in [-0.1, -0.05) is 35.8 Å². The Hall–Kier alpha value is -0.830. The SMILES string of the molecule is CCC1(CC)CCN(C(=O)c2cccc(Br)c2)C1. The third-order valence-corrected chi connectivity index (χ3v) is 4.79. The normalized spacial score (nSPS) is 18.1. The summed E-state index contributed by atoms with van der Waals surface area (Å²) in [5.41, 5.74) is 1.13. The van der Waals surface area contributed by atoms with Crippen LogP contribution in [0.4, 0.5) is 0 Å². The number of carbonyl (C=O) groups excluding carboxylic acids is 1. The second kappa shape index (κ2) is 5.43. The van der Waals surface area contributed by atoms with Crippen LogP contribution in [-0.4, -0.2) is 23.9 Å². The zero-order valence-electron chi connectivity index (χ0n) is 11.1. The van der Waals surface area contributed by atoms with E-state index in [0.717, 1.165) is 42.4 Å². The van der Waals surface area contributed by atoms with Crippen LogP contribution < -0.4 is 0 Å². The molecule has 0 saturated carbocycles. The third kappa shape index (κ3) is 2.61. The Kier molecular flexibility index (Phi) is 4.10. The molecule has 0 aliphatic carbocycles. The maximum atomic E-state index is 12.4. The quantitative estimate of drug-likeness (QED) is 0.823. The van der Waals surface area contributed by atoms with Crippen LogP contribution in [0.15, 0.2) is 28.7 Å². The Bertz CT molecular complexity index is 440. The van der Waals surface area contributed by atoms with Gasteiger partial charge in [-0.2, -0.15) is 0 Å². The molecule has 1 fully saturated rings. The number of rotatable bonds is 3. The van der Waals surface area contributed by atoms with Crippen molar-refractivity contribution in [3.05, 3.63) is 34.3 Å². The van der Waals surface area contributed by atoms with Crippen LogP contribution in [0.3, 0.4) is 0 Å². The zero-order chi connectivity index (χ0) is 13.2. The van der Waals surface area contributed by atoms with Gasteiger partial charge in [0.2, 0.25) is 0 Å². The molecule has 18 heavy (non-hydrogen) atoms. The molecule has 1 amide bonds. The Morgan fingerprint density at radius 2 is 2.11 bits per heavy atom. The predicted octanol–water partition coefficient (Wildman–Crippen LogP) is 4.10. The van der Waals surface area contributed by atoms with Crippen molar-refractivity contribution in [3.63, 3.8) is 0 Å². The summed E-state index contributed by atoms with van der Waals surface area (Å²) in [6, 6.07) is 7.66. The van der Waals surface area contributed by atoms with Gasteiger partial charge in [-0.3, -0.25) is 4.79 Å². The van der Waals surface area contributed by atoms with Crippen LogP contribution in [0, 0.1) is 5.41 Å². The molecule has 0 aromatic heterocycles. The van der Waals surface area contributed by atoms with Gasteiger partial charge in [0.15, 0.2) is 0 Å². The smallest absolute Gasteiger partial charge is 0.253 e. The van der Waals surface area contributed by atoms with Crippen molar-refractivity contribution in [1.82, 2.24) is 4.90 Å². The summed E-state index contributed by atoms with van der Waals surface area (Å²) in [6.45, 7) is 6.27. The molecular weight excluding hydrogens is 290 g/mol. The van der Waals surface area contributed by atoms with E-state index in [-0.39, 0.29) is 5.91 Å². The number of nitrogens with zero attached hydrogens (tertiary/aromatic N) is 1. The highest BCUT2D eigenvalue weighted by Crippen LogP contribution is 2.37. The van der Waals surface area contributed by atoms with Crippen molar-refractivity contribution >= 4 is 21.8 Å². The fourth-order valence-electron chi connectivity index (χ4n) is 2.74. The van der Waals surface area contributed by atoms with E-state index in [1.165, 1.54) is 0 Å². The lowest BCUT2D eigenvalue weighted by molar-refractivity contribution is 0.0770. The van der Waals surface area contributed by atoms with Crippen molar-refractivity contribution in [2.75, 3.05) is 13.1 Å². The van der Waals surface area contributed by atoms with Crippen molar-refractivity contribution in [3.8, 4) is 0 Å². The van der Waals surface area contributed by atoms with Gasteiger partial charge < -0.3 is 4.90 Å². The van der Waals surface area contributed by atoms with E-state index in [9.17, 15) is 4.79 Å². The minimum absolute atomic E-state index is 0.167. The number of carbonyl (C=O) groups is 1. The van der Waals surface area contributed by atoms with Crippen LogP contribution in [0.25, 0.3) is 0 Å². The van der Waals surface area contributed by atoms with Gasteiger partial charge in [-0.05, 0) is 42.9 Å². The van der Waals surface area contributed by atoms with Crippen LogP contribution >= 0.6 is 15.9 Å². The lowest BCUT2D eigenvalue weighted by atomic mass is 9.82. The fraction of sp³-hybridized carbons (Fsp3) is 0.533. The second-order valence-electron chi connectivity index (χ2n) is 5.19. The molecule has 3 heteroatoms. The fourth-order valence-corrected chi connectivity index (χ4v) is 3.14. The van der Waals surface area contributed by atoms with Gasteiger partial charge in [0.25, 0.3) is 5.91 Å². The molecule has 0 bridgehead atoms. The molecule has 0 spiro atoms. The van der Waals surface area contributed by atoms with Gasteiger partial charge in [0.05, 0.1) is 0 Å². The summed E-state index contributed by atoms with van der Waals surface area (Å²) in [7, 11) is 0. The summed E-state index contributed by atoms with van der Waals surface area (Å²) in [5.74, 6) is 0.167. The molecule has 2 rings (SSSR count). The van der Waals surface area contributed by atoms with Crippen molar-refractivity contribution in [2.45, 2.75) is 33.1 Å². The van der Waals surface area contributed by atoms with Crippen LogP contribution in [-0.2, 0) is 0 Å². The Morgan fingerprint density at radius 1 is 1.39 bits per heavy atom. The Balaban J connectivity index is 2.12. The molecule has 1 saturated heterocycles. The van der Waals surface area contributed by atoms with Crippen LogP contribution in [0.5, 0.6) is 0 Å². The summed E-state index contributed by atoms with van der Waals surface area (Å²) in [5, 5.41) is 0. The molecular formula is C15H20BrNO. The molecule has 1 aromatic carbocycles. The average Bonchev–Trinajstić information content (AvgIpc) is 2.83. The number of halogens is 1. The van der Waals surface area contributed by atoms with Crippen molar-refractivity contribution in [2.24, 2.45) is 5.41 Å². The van der Waals surface area contributed by atoms with Crippen LogP contribution in [0.1, 0.15) is 43.5 Å². The van der Waals surface area contributed by atoms with Gasteiger partial charge in [-0.25, -0.2) is 0 Å². The molecule has 2 nitrogen and oxygen atoms in total. The Morgan fingerprint density at radius 3 is 2.67 bits per heavy atom. The first-order valence-electron chi connectivity index (χ1n) is 6.65. The molecule has 0 N–H and O–H groups in total. The molecule has 1 aliphatic rings. The van der Waals surface area contributed by atoms with E-state index in [2.05, 4.69) is 29.8 Å². The molecule has 0 unspecified atom stereocenters. The largest absolute Gasteiger partial charge is 0.338 e. The van der Waals surface area contributed by atoms with Gasteiger partial charge in [-0.15, -0.1) is 0 Å². The summed E-state index contributed by atoms with van der Waals surface area (Å²) in [4.78, 5) is 14.4. The molecule has 0 radical (unpaired) electrons. The zero-order valence-corrected chi connectivity index (χ0v) is 12.7. The predicted molar refractivity (Wildman–Crippen MR) is 77.7 cm³/mol. The number of amides is 1. The monoisotopic (exact) mass is 309 g/mol. The van der Waals surface area contributed by atoms with Crippen molar-refractivity contribution < 1.29 is 4.79 Å². The number of benzene rings is 1. The lowest BCUT2D eigenvalue weighted by Crippen LogP contribution is -2.31. The molecule has 1 aromatic rings. The molecule has 1 heterocycles. The highest BCUT2D eigenvalue weighted by molar-refractivity contribution is 9.10. The lowest BCUT2D eigenvalue weighted by Gasteiger charge is -2.26. The second-order valence-corrected chi connectivity index (χ2v) is 6.11. The van der Waals surface area contributed by atoms with E-state index < -0.39 is 0 Å². The van der Waals surface area contributed by atoms with Gasteiger partial charge in [0.1, 0.15) is 0 Å². The van der Waals surface area contributed by atoms with Crippen molar-refractivity contribution in [1.29, 1.82) is 0 Å². The summed E-state index contributed by atoms with van der Waals surface area (Å²) in [6.07, 6.45) is 3.46. The first-order chi connectivity index (χ1) is 8.60. The maximum absolute atomic E-state index is 12.4. The maximum Gasteiger partial charge on any atom is 0.253 e. The highest BCUT2D eigenvalue weighted by atomic mass is 79.9. The topological polar surface area (TPSA) is 20.3 Å². The minimum Gasteiger partial charge on any atom is -0.338 e. The minimum atomic E-state index is 0.167. The summed E-state index contributed by atoms with van der Waals surface area (Å²) >= 11 is 3.42. The van der Waals surface area contributed by atoms with Gasteiger partial charge in [0, 0.05) is 23.1 Å². The molecule has 98 valence electrons. The molecule has 0 atom stereocenters. The Labute approximate surface area is 117 Å². The third-order valence-electron chi connectivity index (χ3n) is 4.30. The number of hydrogen-bond donors (Lipinski definition) is 0. The van der Waals surface area contributed by atoms with E-state index in [4.69, 9.17) is 0 Å². The summed E-state index contributed by atoms with van der Waals surface area (Å²) < 4.78 is 0.963. The number of likely N-dealkylation sites (tertiary alicyclic amines) is 1. The van der Waals surface area contributed by atoms with E-state index in [0.29, 0.717) is 5.41 Å². The van der Waals surface area contributed by atoms with E-state index in [1.54, 1.807) is 0 Å². The molecule has 1 aliphatic heterocycles. The first-order valence-corrected chi connectivity index (χ1v) is 7.44. The van der Waals surface area contributed by atoms with Gasteiger partial charge >= 0.3 is 0 Å². The average molecular weight is 310 g/mol. The first kappa shape index (κ1) is 13.6. The number of hydrogen-bond acceptors (Lipinski definition) is 1. The highest BCUT2D eigenvalue weighted by Gasteiger charge is 2.37. The van der Waals surface area contributed by atoms with E-state index in [1.807, 2.05) is 29.2 Å². The standard InChI is InChI=1S/C15H20BrNO/c1-3-15(4-2)8-9-17(11-15)14(18)12-6-5-7-13(16)10-12/h5-7,10H,3-4,8-9,11H2,1-2H3.